The van der Waals surface area contributed by atoms with Gasteiger partial charge in [0.05, 0.1) is 6.61 Å². The van der Waals surface area contributed by atoms with Crippen molar-refractivity contribution in [2.24, 2.45) is 0 Å². The van der Waals surface area contributed by atoms with Crippen molar-refractivity contribution >= 4 is 23.2 Å². The van der Waals surface area contributed by atoms with Gasteiger partial charge >= 0.3 is 0 Å². The lowest BCUT2D eigenvalue weighted by molar-refractivity contribution is -0.129. The first-order valence-corrected chi connectivity index (χ1v) is 9.92. The first kappa shape index (κ1) is 18.3. The molecular formula is C22H21N3O2S. The molecule has 6 heteroatoms. The molecule has 4 rings (SSSR count). The van der Waals surface area contributed by atoms with Gasteiger partial charge in [-0.1, -0.05) is 42.5 Å². The molecule has 5 nitrogen and oxygen atoms in total. The van der Waals surface area contributed by atoms with Crippen molar-refractivity contribution in [2.45, 2.75) is 12.5 Å². The number of thiophene rings is 1. The van der Waals surface area contributed by atoms with Crippen molar-refractivity contribution in [2.75, 3.05) is 13.7 Å². The molecule has 1 aliphatic rings. The molecule has 0 saturated carbocycles. The van der Waals surface area contributed by atoms with Crippen LogP contribution in [0.15, 0.2) is 66.7 Å². The highest BCUT2D eigenvalue weighted by molar-refractivity contribution is 7.15. The molecule has 0 aliphatic carbocycles. The topological polar surface area (TPSA) is 65.4 Å². The number of hydrogen-bond acceptors (Lipinski definition) is 4. The number of likely N-dealkylation sites (N-methyl/N-ethyl adjacent to an activating group) is 1. The van der Waals surface area contributed by atoms with Gasteiger partial charge in [-0.2, -0.15) is 0 Å². The average Bonchev–Trinajstić information content (AvgIpc) is 3.30. The largest absolute Gasteiger partial charge is 0.494 e. The van der Waals surface area contributed by atoms with Crippen LogP contribution in [0.4, 0.5) is 0 Å². The number of nitrogens with zero attached hydrogens (tertiary/aromatic N) is 1. The van der Waals surface area contributed by atoms with Crippen molar-refractivity contribution in [3.8, 4) is 16.2 Å². The van der Waals surface area contributed by atoms with Gasteiger partial charge < -0.3 is 10.1 Å². The predicted octanol–water partition coefficient (Wildman–Crippen LogP) is 4.05. The lowest BCUT2D eigenvalue weighted by Gasteiger charge is -2.26. The Morgan fingerprint density at radius 3 is 2.57 bits per heavy atom. The molecule has 28 heavy (non-hydrogen) atoms. The van der Waals surface area contributed by atoms with Crippen LogP contribution in [0.5, 0.6) is 5.75 Å². The Kier molecular flexibility index (Phi) is 4.65. The van der Waals surface area contributed by atoms with E-state index in [9.17, 15) is 4.79 Å². The molecule has 2 heterocycles. The van der Waals surface area contributed by atoms with Gasteiger partial charge in [0.1, 0.15) is 5.75 Å². The molecule has 3 aromatic rings. The van der Waals surface area contributed by atoms with Gasteiger partial charge in [0.2, 0.25) is 0 Å². The highest BCUT2D eigenvalue weighted by Gasteiger charge is 2.51. The molecule has 0 spiro atoms. The summed E-state index contributed by atoms with van der Waals surface area (Å²) in [5.74, 6) is 0.770. The monoisotopic (exact) mass is 391 g/mol. The molecule has 1 unspecified atom stereocenters. The van der Waals surface area contributed by atoms with Gasteiger partial charge in [0.15, 0.2) is 11.5 Å². The summed E-state index contributed by atoms with van der Waals surface area (Å²) in [4.78, 5) is 16.5. The zero-order valence-electron chi connectivity index (χ0n) is 15.7. The normalized spacial score (nSPS) is 19.0. The SMILES string of the molecule is CCOc1cccc(-c2ccc(C3(c4ccccc4)NC(=N)N(C)C3=O)s2)c1. The van der Waals surface area contributed by atoms with E-state index in [1.165, 1.54) is 4.90 Å². The Labute approximate surface area is 168 Å². The molecule has 142 valence electrons. The second-order valence-corrected chi connectivity index (χ2v) is 7.66. The third kappa shape index (κ3) is 2.86. The highest BCUT2D eigenvalue weighted by atomic mass is 32.1. The van der Waals surface area contributed by atoms with E-state index >= 15 is 0 Å². The summed E-state index contributed by atoms with van der Waals surface area (Å²) in [6, 6.07) is 21.5. The molecule has 1 amide bonds. The van der Waals surface area contributed by atoms with Crippen LogP contribution < -0.4 is 10.1 Å². The highest BCUT2D eigenvalue weighted by Crippen LogP contribution is 2.41. The minimum Gasteiger partial charge on any atom is -0.494 e. The smallest absolute Gasteiger partial charge is 0.265 e. The maximum Gasteiger partial charge on any atom is 0.265 e. The number of carbonyl (C=O) groups is 1. The van der Waals surface area contributed by atoms with Crippen molar-refractivity contribution < 1.29 is 9.53 Å². The Hall–Kier alpha value is -3.12. The molecular weight excluding hydrogens is 370 g/mol. The van der Waals surface area contributed by atoms with E-state index in [1.807, 2.05) is 73.7 Å². The van der Waals surface area contributed by atoms with E-state index in [0.717, 1.165) is 26.6 Å². The summed E-state index contributed by atoms with van der Waals surface area (Å²) in [6.45, 7) is 2.57. The molecule has 1 saturated heterocycles. The third-order valence-corrected chi connectivity index (χ3v) is 6.13. The van der Waals surface area contributed by atoms with Crippen LogP contribution in [0.1, 0.15) is 17.4 Å². The summed E-state index contributed by atoms with van der Waals surface area (Å²) < 4.78 is 5.61. The maximum absolute atomic E-state index is 13.2. The number of amides is 1. The molecule has 0 radical (unpaired) electrons. The second-order valence-electron chi connectivity index (χ2n) is 6.58. The first-order valence-electron chi connectivity index (χ1n) is 9.10. The number of benzene rings is 2. The minimum atomic E-state index is -1.08. The molecule has 2 N–H and O–H groups in total. The van der Waals surface area contributed by atoms with Gasteiger partial charge in [-0.15, -0.1) is 11.3 Å². The van der Waals surface area contributed by atoms with E-state index < -0.39 is 5.54 Å². The van der Waals surface area contributed by atoms with E-state index in [2.05, 4.69) is 5.32 Å². The summed E-state index contributed by atoms with van der Waals surface area (Å²) in [7, 11) is 1.63. The van der Waals surface area contributed by atoms with Gasteiger partial charge in [-0.3, -0.25) is 15.1 Å². The van der Waals surface area contributed by atoms with E-state index in [0.29, 0.717) is 6.61 Å². The number of carbonyl (C=O) groups excluding carboxylic acids is 1. The Balaban J connectivity index is 1.81. The third-order valence-electron chi connectivity index (χ3n) is 4.88. The van der Waals surface area contributed by atoms with Crippen LogP contribution in [-0.2, 0) is 10.3 Å². The van der Waals surface area contributed by atoms with E-state index in [4.69, 9.17) is 10.1 Å². The van der Waals surface area contributed by atoms with Gasteiger partial charge in [-0.05, 0) is 42.3 Å². The van der Waals surface area contributed by atoms with Crippen LogP contribution in [0, 0.1) is 5.41 Å². The number of guanidine groups is 1. The average molecular weight is 391 g/mol. The fourth-order valence-corrected chi connectivity index (χ4v) is 4.62. The summed E-state index contributed by atoms with van der Waals surface area (Å²) >= 11 is 1.55. The van der Waals surface area contributed by atoms with Crippen molar-refractivity contribution in [1.29, 1.82) is 5.41 Å². The lowest BCUT2D eigenvalue weighted by atomic mass is 9.88. The number of hydrogen-bond donors (Lipinski definition) is 2. The van der Waals surface area contributed by atoms with Gasteiger partial charge in [0, 0.05) is 16.8 Å². The second kappa shape index (κ2) is 7.13. The summed E-state index contributed by atoms with van der Waals surface area (Å²) in [6.07, 6.45) is 0. The summed E-state index contributed by atoms with van der Waals surface area (Å²) in [5.41, 5.74) is 0.790. The van der Waals surface area contributed by atoms with Crippen LogP contribution >= 0.6 is 11.3 Å². The number of rotatable bonds is 5. The van der Waals surface area contributed by atoms with Crippen LogP contribution in [0.2, 0.25) is 0 Å². The maximum atomic E-state index is 13.2. The summed E-state index contributed by atoms with van der Waals surface area (Å²) in [5, 5.41) is 11.3. The van der Waals surface area contributed by atoms with Crippen LogP contribution in [0.25, 0.3) is 10.4 Å². The lowest BCUT2D eigenvalue weighted by Crippen LogP contribution is -2.44. The Morgan fingerprint density at radius 2 is 1.89 bits per heavy atom. The molecule has 1 aromatic heterocycles. The molecule has 0 bridgehead atoms. The molecule has 1 aliphatic heterocycles. The van der Waals surface area contributed by atoms with Crippen LogP contribution in [0.3, 0.4) is 0 Å². The van der Waals surface area contributed by atoms with Crippen molar-refractivity contribution in [3.05, 3.63) is 77.2 Å². The number of ether oxygens (including phenoxy) is 1. The van der Waals surface area contributed by atoms with E-state index in [-0.39, 0.29) is 11.9 Å². The fourth-order valence-electron chi connectivity index (χ4n) is 3.46. The van der Waals surface area contributed by atoms with E-state index in [1.54, 1.807) is 18.4 Å². The van der Waals surface area contributed by atoms with Crippen molar-refractivity contribution in [1.82, 2.24) is 10.2 Å². The minimum absolute atomic E-state index is 0.0992. The molecule has 2 aromatic carbocycles. The zero-order valence-corrected chi connectivity index (χ0v) is 16.5. The quantitative estimate of drug-likeness (QED) is 0.689. The van der Waals surface area contributed by atoms with Gasteiger partial charge in [-0.25, -0.2) is 0 Å². The van der Waals surface area contributed by atoms with Crippen LogP contribution in [-0.4, -0.2) is 30.4 Å². The Morgan fingerprint density at radius 1 is 1.11 bits per heavy atom. The Bertz CT molecular complexity index is 1030. The molecule has 1 fully saturated rings. The number of nitrogens with one attached hydrogen (secondary N) is 2. The standard InChI is InChI=1S/C22H21N3O2S/c1-3-27-17-11-7-8-15(14-17)18-12-13-19(28-18)22(16-9-5-4-6-10-16)20(26)25(2)21(23)24-22/h4-14H,3H2,1-2H3,(H2,23,24). The predicted molar refractivity (Wildman–Crippen MR) is 112 cm³/mol. The zero-order chi connectivity index (χ0) is 19.7. The fraction of sp³-hybridized carbons (Fsp3) is 0.182. The first-order chi connectivity index (χ1) is 13.6. The molecule has 1 atom stereocenters. The van der Waals surface area contributed by atoms with Gasteiger partial charge in [0.25, 0.3) is 5.91 Å². The van der Waals surface area contributed by atoms with Crippen molar-refractivity contribution in [3.63, 3.8) is 0 Å².